The summed E-state index contributed by atoms with van der Waals surface area (Å²) in [6.07, 6.45) is 1.13. The summed E-state index contributed by atoms with van der Waals surface area (Å²) in [7, 11) is 0. The number of halogens is 2. The Balaban J connectivity index is 1.44. The summed E-state index contributed by atoms with van der Waals surface area (Å²) in [5.74, 6) is 0.879. The maximum Gasteiger partial charge on any atom is 0.124 e. The predicted octanol–water partition coefficient (Wildman–Crippen LogP) is 4.38. The van der Waals surface area contributed by atoms with Crippen molar-refractivity contribution >= 4 is 23.2 Å². The van der Waals surface area contributed by atoms with Gasteiger partial charge in [-0.2, -0.15) is 0 Å². The van der Waals surface area contributed by atoms with E-state index >= 15 is 0 Å². The van der Waals surface area contributed by atoms with Crippen molar-refractivity contribution in [2.75, 3.05) is 39.4 Å². The van der Waals surface area contributed by atoms with Crippen molar-refractivity contribution in [1.29, 1.82) is 0 Å². The third kappa shape index (κ3) is 6.66. The number of hydrogen-bond donors (Lipinski definition) is 1. The van der Waals surface area contributed by atoms with E-state index in [2.05, 4.69) is 16.3 Å². The molecule has 0 unspecified atom stereocenters. The molecule has 27 heavy (non-hydrogen) atoms. The third-order valence-corrected chi connectivity index (χ3v) is 5.20. The Morgan fingerprint density at radius 2 is 1.85 bits per heavy atom. The third-order valence-electron chi connectivity index (χ3n) is 4.62. The van der Waals surface area contributed by atoms with Gasteiger partial charge in [0, 0.05) is 40.8 Å². The zero-order chi connectivity index (χ0) is 18.9. The molecule has 1 heterocycles. The maximum atomic E-state index is 6.23. The van der Waals surface area contributed by atoms with Crippen LogP contribution in [0.25, 0.3) is 0 Å². The topological polar surface area (TPSA) is 33.7 Å². The lowest BCUT2D eigenvalue weighted by atomic mass is 10.2. The number of benzene rings is 2. The highest BCUT2D eigenvalue weighted by atomic mass is 35.5. The van der Waals surface area contributed by atoms with Crippen LogP contribution < -0.4 is 10.1 Å². The van der Waals surface area contributed by atoms with E-state index in [1.54, 1.807) is 6.07 Å². The molecule has 0 atom stereocenters. The van der Waals surface area contributed by atoms with Gasteiger partial charge >= 0.3 is 0 Å². The molecule has 0 spiro atoms. The fourth-order valence-electron chi connectivity index (χ4n) is 3.06. The highest BCUT2D eigenvalue weighted by molar-refractivity contribution is 6.35. The minimum Gasteiger partial charge on any atom is -0.489 e. The van der Waals surface area contributed by atoms with Crippen LogP contribution in [0, 0.1) is 0 Å². The largest absolute Gasteiger partial charge is 0.489 e. The number of para-hydroxylation sites is 1. The molecule has 1 aliphatic rings. The minimum absolute atomic E-state index is 0.421. The second-order valence-corrected chi connectivity index (χ2v) is 7.46. The summed E-state index contributed by atoms with van der Waals surface area (Å²) in [6, 6.07) is 13.6. The second kappa shape index (κ2) is 10.9. The number of ether oxygens (including phenoxy) is 2. The summed E-state index contributed by atoms with van der Waals surface area (Å²) in [5.41, 5.74) is 2.07. The Hall–Kier alpha value is -1.30. The average Bonchev–Trinajstić information content (AvgIpc) is 2.69. The van der Waals surface area contributed by atoms with Crippen LogP contribution in [-0.4, -0.2) is 44.3 Å². The molecule has 0 aromatic heterocycles. The van der Waals surface area contributed by atoms with Gasteiger partial charge in [0.05, 0.1) is 13.2 Å². The molecule has 1 N–H and O–H groups in total. The van der Waals surface area contributed by atoms with Gasteiger partial charge in [-0.25, -0.2) is 0 Å². The van der Waals surface area contributed by atoms with E-state index in [4.69, 9.17) is 32.7 Å². The van der Waals surface area contributed by atoms with Crippen LogP contribution in [0.4, 0.5) is 0 Å². The quantitative estimate of drug-likeness (QED) is 0.623. The Morgan fingerprint density at radius 1 is 1.04 bits per heavy atom. The van der Waals surface area contributed by atoms with Gasteiger partial charge in [0.15, 0.2) is 0 Å². The van der Waals surface area contributed by atoms with E-state index in [1.807, 2.05) is 30.3 Å². The van der Waals surface area contributed by atoms with Crippen molar-refractivity contribution in [1.82, 2.24) is 10.2 Å². The summed E-state index contributed by atoms with van der Waals surface area (Å²) >= 11 is 12.2. The van der Waals surface area contributed by atoms with Gasteiger partial charge in [-0.15, -0.1) is 0 Å². The lowest BCUT2D eigenvalue weighted by Crippen LogP contribution is -2.37. The van der Waals surface area contributed by atoms with Crippen molar-refractivity contribution < 1.29 is 9.47 Å². The van der Waals surface area contributed by atoms with Crippen LogP contribution in [0.3, 0.4) is 0 Å². The number of hydrogen-bond acceptors (Lipinski definition) is 4. The summed E-state index contributed by atoms with van der Waals surface area (Å²) in [5, 5.41) is 4.77. The van der Waals surface area contributed by atoms with Gasteiger partial charge in [0.1, 0.15) is 12.4 Å². The predicted molar refractivity (Wildman–Crippen MR) is 111 cm³/mol. The molecule has 1 aliphatic heterocycles. The fourth-order valence-corrected chi connectivity index (χ4v) is 3.52. The molecule has 0 saturated carbocycles. The summed E-state index contributed by atoms with van der Waals surface area (Å²) < 4.78 is 11.4. The van der Waals surface area contributed by atoms with E-state index < -0.39 is 0 Å². The first-order valence-electron chi connectivity index (χ1n) is 9.38. The Morgan fingerprint density at radius 3 is 2.67 bits per heavy atom. The van der Waals surface area contributed by atoms with Gasteiger partial charge < -0.3 is 14.8 Å². The molecule has 0 radical (unpaired) electrons. The maximum absolute atomic E-state index is 6.23. The first kappa shape index (κ1) is 20.4. The first-order valence-corrected chi connectivity index (χ1v) is 10.1. The van der Waals surface area contributed by atoms with Crippen LogP contribution in [0.2, 0.25) is 10.0 Å². The molecule has 3 rings (SSSR count). The van der Waals surface area contributed by atoms with E-state index in [-0.39, 0.29) is 0 Å². The number of nitrogens with one attached hydrogen (secondary N) is 1. The molecular weight excluding hydrogens is 383 g/mol. The first-order chi connectivity index (χ1) is 13.2. The molecule has 0 bridgehead atoms. The Bertz CT molecular complexity index is 721. The molecule has 1 fully saturated rings. The number of morpholine rings is 1. The zero-order valence-corrected chi connectivity index (χ0v) is 16.9. The standard InChI is InChI=1S/C21H26Cl2N2O2/c22-19-7-6-18(20(23)14-19)16-27-21-5-2-1-4-17(21)15-24-8-3-9-25-10-12-26-13-11-25/h1-2,4-7,14,24H,3,8-13,15-16H2. The van der Waals surface area contributed by atoms with Gasteiger partial charge in [0.2, 0.25) is 0 Å². The molecule has 146 valence electrons. The van der Waals surface area contributed by atoms with E-state index in [0.29, 0.717) is 16.7 Å². The molecule has 2 aromatic carbocycles. The smallest absolute Gasteiger partial charge is 0.124 e. The highest BCUT2D eigenvalue weighted by Gasteiger charge is 2.09. The normalized spacial score (nSPS) is 15.0. The van der Waals surface area contributed by atoms with Crippen LogP contribution >= 0.6 is 23.2 Å². The van der Waals surface area contributed by atoms with Gasteiger partial charge in [0.25, 0.3) is 0 Å². The highest BCUT2D eigenvalue weighted by Crippen LogP contribution is 2.24. The van der Waals surface area contributed by atoms with Gasteiger partial charge in [-0.1, -0.05) is 47.5 Å². The second-order valence-electron chi connectivity index (χ2n) is 6.62. The summed E-state index contributed by atoms with van der Waals surface area (Å²) in [4.78, 5) is 2.46. The zero-order valence-electron chi connectivity index (χ0n) is 15.4. The van der Waals surface area contributed by atoms with E-state index in [9.17, 15) is 0 Å². The molecule has 0 amide bonds. The fraction of sp³-hybridized carbons (Fsp3) is 0.429. The van der Waals surface area contributed by atoms with Crippen molar-refractivity contribution in [3.8, 4) is 5.75 Å². The average molecular weight is 409 g/mol. The lowest BCUT2D eigenvalue weighted by molar-refractivity contribution is 0.0374. The van der Waals surface area contributed by atoms with E-state index in [1.165, 1.54) is 0 Å². The molecule has 1 saturated heterocycles. The van der Waals surface area contributed by atoms with Crippen molar-refractivity contribution in [3.05, 3.63) is 63.6 Å². The molecule has 0 aliphatic carbocycles. The minimum atomic E-state index is 0.421. The van der Waals surface area contributed by atoms with Gasteiger partial charge in [-0.05, 0) is 37.7 Å². The Kier molecular flexibility index (Phi) is 8.24. The number of rotatable bonds is 9. The van der Waals surface area contributed by atoms with Crippen molar-refractivity contribution in [2.45, 2.75) is 19.6 Å². The van der Waals surface area contributed by atoms with Crippen LogP contribution in [0.1, 0.15) is 17.5 Å². The molecule has 6 heteroatoms. The van der Waals surface area contributed by atoms with Crippen LogP contribution in [0.5, 0.6) is 5.75 Å². The lowest BCUT2D eigenvalue weighted by Gasteiger charge is -2.26. The molecular formula is C21H26Cl2N2O2. The van der Waals surface area contributed by atoms with Crippen molar-refractivity contribution in [3.63, 3.8) is 0 Å². The molecule has 4 nitrogen and oxygen atoms in total. The SMILES string of the molecule is Clc1ccc(COc2ccccc2CNCCCN2CCOCC2)c(Cl)c1. The molecule has 2 aromatic rings. The van der Waals surface area contributed by atoms with Gasteiger partial charge in [-0.3, -0.25) is 4.90 Å². The van der Waals surface area contributed by atoms with E-state index in [0.717, 1.165) is 69.2 Å². The monoisotopic (exact) mass is 408 g/mol. The number of nitrogens with zero attached hydrogens (tertiary/aromatic N) is 1. The van der Waals surface area contributed by atoms with Crippen molar-refractivity contribution in [2.24, 2.45) is 0 Å². The van der Waals surface area contributed by atoms with Crippen LogP contribution in [-0.2, 0) is 17.9 Å². The summed E-state index contributed by atoms with van der Waals surface area (Å²) in [6.45, 7) is 7.11. The van der Waals surface area contributed by atoms with Crippen LogP contribution in [0.15, 0.2) is 42.5 Å². The Labute approximate surface area is 171 Å².